The molecule has 1 unspecified atom stereocenters. The molecule has 2 aromatic rings. The topological polar surface area (TPSA) is 58.1 Å². The molecule has 1 aliphatic rings. The zero-order valence-electron chi connectivity index (χ0n) is 14.5. The Balaban J connectivity index is 1.87. The molecule has 1 aromatic carbocycles. The van der Waals surface area contributed by atoms with Crippen molar-refractivity contribution in [1.29, 1.82) is 0 Å². The average Bonchev–Trinajstić information content (AvgIpc) is 2.89. The Kier molecular flexibility index (Phi) is 4.79. The highest BCUT2D eigenvalue weighted by Crippen LogP contribution is 2.32. The predicted molar refractivity (Wildman–Crippen MR) is 96.6 cm³/mol. The fourth-order valence-electron chi connectivity index (χ4n) is 3.16. The van der Waals surface area contributed by atoms with Gasteiger partial charge in [-0.1, -0.05) is 31.5 Å². The summed E-state index contributed by atoms with van der Waals surface area (Å²) in [7, 11) is 0. The van der Waals surface area contributed by atoms with Crippen molar-refractivity contribution in [3.63, 3.8) is 0 Å². The summed E-state index contributed by atoms with van der Waals surface area (Å²) in [5, 5.41) is 3.28. The minimum Gasteiger partial charge on any atom is -0.370 e. The Morgan fingerprint density at radius 1 is 1.33 bits per heavy atom. The van der Waals surface area contributed by atoms with E-state index in [0.717, 1.165) is 37.3 Å². The number of anilines is 2. The van der Waals surface area contributed by atoms with Gasteiger partial charge in [-0.2, -0.15) is 0 Å². The van der Waals surface area contributed by atoms with Crippen LogP contribution in [0.25, 0.3) is 0 Å². The van der Waals surface area contributed by atoms with Crippen molar-refractivity contribution >= 4 is 17.4 Å². The van der Waals surface area contributed by atoms with Crippen LogP contribution in [0, 0.1) is 6.92 Å². The summed E-state index contributed by atoms with van der Waals surface area (Å²) in [4.78, 5) is 23.7. The number of unbranched alkanes of at least 4 members (excludes halogenated alkanes) is 1. The lowest BCUT2D eigenvalue weighted by Gasteiger charge is -2.22. The molecule has 1 aliphatic heterocycles. The standard InChI is InChI=1S/C19H24N4O/c1-4-5-10-20-18-12-16(21-14(3)22-18)19(24)23-13(2)11-15-8-6-7-9-17(15)23/h6-9,12-13H,4-5,10-11H2,1-3H3,(H,20,21,22). The first-order chi connectivity index (χ1) is 11.6. The zero-order chi connectivity index (χ0) is 17.1. The van der Waals surface area contributed by atoms with Crippen LogP contribution in [0.1, 0.15) is 48.6 Å². The molecular formula is C19H24N4O. The van der Waals surface area contributed by atoms with Gasteiger partial charge in [-0.25, -0.2) is 9.97 Å². The lowest BCUT2D eigenvalue weighted by Crippen LogP contribution is -2.36. The summed E-state index contributed by atoms with van der Waals surface area (Å²) in [6.07, 6.45) is 3.07. The average molecular weight is 324 g/mol. The molecule has 0 fully saturated rings. The molecule has 5 nitrogen and oxygen atoms in total. The molecule has 1 amide bonds. The van der Waals surface area contributed by atoms with E-state index in [9.17, 15) is 4.79 Å². The maximum atomic E-state index is 13.1. The Morgan fingerprint density at radius 3 is 2.92 bits per heavy atom. The van der Waals surface area contributed by atoms with Gasteiger partial charge in [0.15, 0.2) is 0 Å². The van der Waals surface area contributed by atoms with Crippen molar-refractivity contribution in [2.45, 2.75) is 46.1 Å². The molecule has 2 heterocycles. The fourth-order valence-corrected chi connectivity index (χ4v) is 3.16. The second-order valence-corrected chi connectivity index (χ2v) is 6.32. The van der Waals surface area contributed by atoms with Crippen LogP contribution in [0.5, 0.6) is 0 Å². The van der Waals surface area contributed by atoms with Gasteiger partial charge in [0, 0.05) is 24.3 Å². The summed E-state index contributed by atoms with van der Waals surface area (Å²) in [6, 6.07) is 9.98. The van der Waals surface area contributed by atoms with Gasteiger partial charge in [-0.15, -0.1) is 0 Å². The second kappa shape index (κ2) is 6.99. The van der Waals surface area contributed by atoms with E-state index in [1.165, 1.54) is 5.56 Å². The van der Waals surface area contributed by atoms with E-state index in [4.69, 9.17) is 0 Å². The lowest BCUT2D eigenvalue weighted by atomic mass is 10.1. The predicted octanol–water partition coefficient (Wildman–Crippen LogP) is 3.59. The SMILES string of the molecule is CCCCNc1cc(C(=O)N2c3ccccc3CC2C)nc(C)n1. The summed E-state index contributed by atoms with van der Waals surface area (Å²) >= 11 is 0. The number of carbonyl (C=O) groups is 1. The van der Waals surface area contributed by atoms with Crippen molar-refractivity contribution in [3.8, 4) is 0 Å². The number of nitrogens with zero attached hydrogens (tertiary/aromatic N) is 3. The number of fused-ring (bicyclic) bond motifs is 1. The fraction of sp³-hybridized carbons (Fsp3) is 0.421. The van der Waals surface area contributed by atoms with Crippen molar-refractivity contribution in [2.75, 3.05) is 16.8 Å². The Bertz CT molecular complexity index is 744. The molecule has 1 atom stereocenters. The number of benzene rings is 1. The van der Waals surface area contributed by atoms with Crippen molar-refractivity contribution in [3.05, 3.63) is 47.4 Å². The maximum Gasteiger partial charge on any atom is 0.277 e. The molecule has 0 spiro atoms. The van der Waals surface area contributed by atoms with Crippen LogP contribution in [0.4, 0.5) is 11.5 Å². The number of rotatable bonds is 5. The van der Waals surface area contributed by atoms with Gasteiger partial charge in [0.1, 0.15) is 17.3 Å². The second-order valence-electron chi connectivity index (χ2n) is 6.32. The molecule has 126 valence electrons. The van der Waals surface area contributed by atoms with Crippen molar-refractivity contribution in [2.24, 2.45) is 0 Å². The van der Waals surface area contributed by atoms with Crippen molar-refractivity contribution in [1.82, 2.24) is 9.97 Å². The third-order valence-corrected chi connectivity index (χ3v) is 4.32. The Labute approximate surface area is 143 Å². The molecular weight excluding hydrogens is 300 g/mol. The smallest absolute Gasteiger partial charge is 0.277 e. The van der Waals surface area contributed by atoms with E-state index >= 15 is 0 Å². The molecule has 0 aliphatic carbocycles. The monoisotopic (exact) mass is 324 g/mol. The van der Waals surface area contributed by atoms with Gasteiger partial charge in [0.25, 0.3) is 5.91 Å². The molecule has 1 N–H and O–H groups in total. The van der Waals surface area contributed by atoms with Crippen LogP contribution in [0.2, 0.25) is 0 Å². The summed E-state index contributed by atoms with van der Waals surface area (Å²) in [6.45, 7) is 6.90. The first-order valence-electron chi connectivity index (χ1n) is 8.61. The van der Waals surface area contributed by atoms with Crippen molar-refractivity contribution < 1.29 is 4.79 Å². The van der Waals surface area contributed by atoms with Crippen LogP contribution in [0.15, 0.2) is 30.3 Å². The zero-order valence-corrected chi connectivity index (χ0v) is 14.5. The normalized spacial score (nSPS) is 16.1. The molecule has 0 bridgehead atoms. The van der Waals surface area contributed by atoms with Gasteiger partial charge in [-0.3, -0.25) is 4.79 Å². The number of amides is 1. The summed E-state index contributed by atoms with van der Waals surface area (Å²) in [5.74, 6) is 1.27. The first kappa shape index (κ1) is 16.4. The highest BCUT2D eigenvalue weighted by atomic mass is 16.2. The Morgan fingerprint density at radius 2 is 2.12 bits per heavy atom. The van der Waals surface area contributed by atoms with E-state index < -0.39 is 0 Å². The number of carbonyl (C=O) groups excluding carboxylic acids is 1. The number of para-hydroxylation sites is 1. The van der Waals surface area contributed by atoms with Gasteiger partial charge >= 0.3 is 0 Å². The highest BCUT2D eigenvalue weighted by Gasteiger charge is 2.32. The van der Waals surface area contributed by atoms with Gasteiger partial charge in [0.05, 0.1) is 0 Å². The number of aryl methyl sites for hydroxylation is 1. The van der Waals surface area contributed by atoms with Crippen LogP contribution in [-0.4, -0.2) is 28.5 Å². The highest BCUT2D eigenvalue weighted by molar-refractivity contribution is 6.06. The third-order valence-electron chi connectivity index (χ3n) is 4.32. The van der Waals surface area contributed by atoms with E-state index in [1.54, 1.807) is 6.07 Å². The molecule has 3 rings (SSSR count). The number of hydrogen-bond donors (Lipinski definition) is 1. The van der Waals surface area contributed by atoms with Crippen LogP contribution in [-0.2, 0) is 6.42 Å². The summed E-state index contributed by atoms with van der Waals surface area (Å²) in [5.41, 5.74) is 2.65. The first-order valence-corrected chi connectivity index (χ1v) is 8.61. The van der Waals surface area contributed by atoms with Gasteiger partial charge in [-0.05, 0) is 38.3 Å². The quantitative estimate of drug-likeness (QED) is 0.854. The van der Waals surface area contributed by atoms with E-state index in [2.05, 4.69) is 35.2 Å². The molecule has 0 saturated heterocycles. The number of nitrogens with one attached hydrogen (secondary N) is 1. The molecule has 0 saturated carbocycles. The maximum absolute atomic E-state index is 13.1. The van der Waals surface area contributed by atoms with Crippen LogP contribution >= 0.6 is 0 Å². The van der Waals surface area contributed by atoms with Crippen LogP contribution in [0.3, 0.4) is 0 Å². The molecule has 1 aromatic heterocycles. The molecule has 5 heteroatoms. The van der Waals surface area contributed by atoms with E-state index in [0.29, 0.717) is 11.5 Å². The van der Waals surface area contributed by atoms with Crippen LogP contribution < -0.4 is 10.2 Å². The minimum atomic E-state index is -0.0588. The lowest BCUT2D eigenvalue weighted by molar-refractivity contribution is 0.0976. The third kappa shape index (κ3) is 3.25. The largest absolute Gasteiger partial charge is 0.370 e. The van der Waals surface area contributed by atoms with E-state index in [-0.39, 0.29) is 11.9 Å². The van der Waals surface area contributed by atoms with Gasteiger partial charge < -0.3 is 10.2 Å². The Hall–Kier alpha value is -2.43. The number of hydrogen-bond acceptors (Lipinski definition) is 4. The molecule has 24 heavy (non-hydrogen) atoms. The summed E-state index contributed by atoms with van der Waals surface area (Å²) < 4.78 is 0. The van der Waals surface area contributed by atoms with Gasteiger partial charge in [0.2, 0.25) is 0 Å². The van der Waals surface area contributed by atoms with E-state index in [1.807, 2.05) is 30.0 Å². The minimum absolute atomic E-state index is 0.0588. The molecule has 0 radical (unpaired) electrons. The number of aromatic nitrogens is 2.